The molecule has 0 aromatic carbocycles. The van der Waals surface area contributed by atoms with Crippen molar-refractivity contribution in [3.8, 4) is 6.07 Å². The summed E-state index contributed by atoms with van der Waals surface area (Å²) < 4.78 is 19.2. The molecular weight excluding hydrogens is 379 g/mol. The number of ether oxygens (including phenoxy) is 1. The van der Waals surface area contributed by atoms with Gasteiger partial charge in [0.25, 0.3) is 8.53 Å². The van der Waals surface area contributed by atoms with Gasteiger partial charge in [0, 0.05) is 16.8 Å². The number of rotatable bonds is 9. The van der Waals surface area contributed by atoms with Gasteiger partial charge >= 0.3 is 5.97 Å². The lowest BCUT2D eigenvalue weighted by Crippen LogP contribution is -2.43. The fraction of sp³-hybridized carbons (Fsp3) is 0.875. The van der Waals surface area contributed by atoms with Crippen molar-refractivity contribution >= 4 is 36.1 Å². The van der Waals surface area contributed by atoms with Gasteiger partial charge in [-0.25, -0.2) is 4.67 Å². The summed E-state index contributed by atoms with van der Waals surface area (Å²) >= 11 is 0. The first-order chi connectivity index (χ1) is 11.7. The van der Waals surface area contributed by atoms with Crippen molar-refractivity contribution in [1.29, 1.82) is 5.26 Å². The molecule has 3 atom stereocenters. The lowest BCUT2D eigenvalue weighted by atomic mass is 10.0. The van der Waals surface area contributed by atoms with Crippen LogP contribution in [0.25, 0.3) is 0 Å². The Morgan fingerprint density at radius 1 is 1.32 bits per heavy atom. The van der Waals surface area contributed by atoms with Crippen LogP contribution in [0.5, 0.6) is 0 Å². The summed E-state index contributed by atoms with van der Waals surface area (Å²) in [4.78, 5) is 12.2. The third-order valence-electron chi connectivity index (χ3n) is 3.63. The smallest absolute Gasteiger partial charge is 0.322 e. The predicted octanol–water partition coefficient (Wildman–Crippen LogP) is 4.36. The van der Waals surface area contributed by atoms with Crippen LogP contribution in [0.4, 0.5) is 0 Å². The fourth-order valence-corrected chi connectivity index (χ4v) is 7.80. The first-order valence-electron chi connectivity index (χ1n) is 8.33. The van der Waals surface area contributed by atoms with E-state index in [4.69, 9.17) is 19.0 Å². The molecule has 0 saturated carbocycles. The Morgan fingerprint density at radius 3 is 2.40 bits per heavy atom. The Balaban J connectivity index is 3.03. The highest BCUT2D eigenvalue weighted by Crippen LogP contribution is 2.58. The molecule has 0 aromatic rings. The minimum Gasteiger partial charge on any atom is -0.468 e. The first-order valence-corrected chi connectivity index (χ1v) is 11.7. The van der Waals surface area contributed by atoms with E-state index in [9.17, 15) is 4.79 Å². The second kappa shape index (κ2) is 10.3. The number of carbonyl (C=O) groups excluding carboxylic acids is 1. The molecule has 1 fully saturated rings. The molecule has 0 radical (unpaired) electrons. The van der Waals surface area contributed by atoms with Crippen LogP contribution in [-0.2, 0) is 18.6 Å². The maximum absolute atomic E-state index is 12.2. The average molecular weight is 409 g/mol. The van der Waals surface area contributed by atoms with Crippen LogP contribution in [0.3, 0.4) is 0 Å². The Bertz CT molecular complexity index is 477. The predicted molar refractivity (Wildman–Crippen MR) is 105 cm³/mol. The average Bonchev–Trinajstić information content (AvgIpc) is 2.81. The summed E-state index contributed by atoms with van der Waals surface area (Å²) in [7, 11) is 3.13. The number of hydrogen-bond acceptors (Lipinski definition) is 8. The van der Waals surface area contributed by atoms with Gasteiger partial charge in [-0.1, -0.05) is 21.6 Å². The summed E-state index contributed by atoms with van der Waals surface area (Å²) in [5.41, 5.74) is 0. The third kappa shape index (κ3) is 6.27. The SMILES string of the molecule is COC(=O)[C@@H]1SSC(C)(C)C1OP(OCCC#N)N(C(C)C)C(C)C. The highest BCUT2D eigenvalue weighted by molar-refractivity contribution is 8.78. The van der Waals surface area contributed by atoms with Crippen LogP contribution in [0, 0.1) is 11.3 Å². The number of methoxy groups -OCH3 is 1. The minimum absolute atomic E-state index is 0.217. The van der Waals surface area contributed by atoms with Crippen molar-refractivity contribution in [3.05, 3.63) is 0 Å². The molecule has 1 rings (SSSR count). The highest BCUT2D eigenvalue weighted by atomic mass is 33.1. The molecule has 25 heavy (non-hydrogen) atoms. The van der Waals surface area contributed by atoms with E-state index < -0.39 is 13.8 Å². The molecule has 0 aromatic heterocycles. The molecule has 2 unspecified atom stereocenters. The van der Waals surface area contributed by atoms with Gasteiger partial charge in [-0.15, -0.1) is 0 Å². The summed E-state index contributed by atoms with van der Waals surface area (Å²) in [5, 5.41) is 8.41. The van der Waals surface area contributed by atoms with E-state index in [1.807, 2.05) is 0 Å². The zero-order chi connectivity index (χ0) is 19.2. The normalized spacial score (nSPS) is 23.9. The summed E-state index contributed by atoms with van der Waals surface area (Å²) in [6.07, 6.45) is -0.0207. The number of carbonyl (C=O) groups is 1. The van der Waals surface area contributed by atoms with Gasteiger partial charge < -0.3 is 13.8 Å². The van der Waals surface area contributed by atoms with Crippen molar-refractivity contribution in [2.45, 2.75) is 76.1 Å². The third-order valence-corrected chi connectivity index (χ3v) is 9.34. The van der Waals surface area contributed by atoms with Crippen LogP contribution >= 0.6 is 30.1 Å². The van der Waals surface area contributed by atoms with Crippen LogP contribution in [0.1, 0.15) is 48.0 Å². The molecule has 1 saturated heterocycles. The van der Waals surface area contributed by atoms with Crippen LogP contribution in [-0.4, -0.2) is 52.5 Å². The van der Waals surface area contributed by atoms with Crippen molar-refractivity contribution < 1.29 is 18.6 Å². The van der Waals surface area contributed by atoms with Gasteiger partial charge in [-0.05, 0) is 41.5 Å². The Hall–Kier alpha value is -0.0300. The quantitative estimate of drug-likeness (QED) is 0.241. The van der Waals surface area contributed by atoms with Crippen LogP contribution in [0.2, 0.25) is 0 Å². The molecule has 0 bridgehead atoms. The van der Waals surface area contributed by atoms with Gasteiger partial charge in [-0.2, -0.15) is 5.26 Å². The second-order valence-corrected chi connectivity index (χ2v) is 11.2. The number of nitriles is 1. The largest absolute Gasteiger partial charge is 0.468 e. The van der Waals surface area contributed by atoms with Gasteiger partial charge in [0.1, 0.15) is 11.4 Å². The summed E-state index contributed by atoms with van der Waals surface area (Å²) in [5.74, 6) is -0.277. The van der Waals surface area contributed by atoms with E-state index in [2.05, 4.69) is 52.3 Å². The summed E-state index contributed by atoms with van der Waals surface area (Å²) in [6, 6.07) is 2.53. The van der Waals surface area contributed by atoms with Gasteiger partial charge in [0.05, 0.1) is 26.2 Å². The molecule has 1 aliphatic heterocycles. The van der Waals surface area contributed by atoms with Gasteiger partial charge in [-0.3, -0.25) is 4.79 Å². The topological polar surface area (TPSA) is 71.8 Å². The second-order valence-electron chi connectivity index (χ2n) is 6.80. The Labute approximate surface area is 160 Å². The van der Waals surface area contributed by atoms with Crippen molar-refractivity contribution in [2.75, 3.05) is 13.7 Å². The number of hydrogen-bond donors (Lipinski definition) is 0. The van der Waals surface area contributed by atoms with E-state index in [0.717, 1.165) is 0 Å². The highest BCUT2D eigenvalue weighted by Gasteiger charge is 2.51. The number of esters is 1. The zero-order valence-electron chi connectivity index (χ0n) is 16.0. The zero-order valence-corrected chi connectivity index (χ0v) is 18.5. The van der Waals surface area contributed by atoms with E-state index in [1.54, 1.807) is 10.8 Å². The molecule has 0 amide bonds. The van der Waals surface area contributed by atoms with Crippen molar-refractivity contribution in [2.24, 2.45) is 0 Å². The molecule has 1 aliphatic rings. The molecule has 0 N–H and O–H groups in total. The van der Waals surface area contributed by atoms with Gasteiger partial charge in [0.15, 0.2) is 0 Å². The standard InChI is InChI=1S/C16H29N2O4PS2/c1-11(2)18(12(3)4)23(21-10-8-9-17)22-14-13(15(19)20-7)24-25-16(14,5)6/h11-14H,8,10H2,1-7H3/t13-,14?,23?/m1/s1. The maximum atomic E-state index is 12.2. The van der Waals surface area contributed by atoms with Crippen LogP contribution in [0.15, 0.2) is 0 Å². The van der Waals surface area contributed by atoms with E-state index in [0.29, 0.717) is 13.0 Å². The molecule has 0 aliphatic carbocycles. The molecule has 9 heteroatoms. The molecule has 1 heterocycles. The molecule has 6 nitrogen and oxygen atoms in total. The van der Waals surface area contributed by atoms with E-state index in [-0.39, 0.29) is 28.9 Å². The Kier molecular flexibility index (Phi) is 9.52. The van der Waals surface area contributed by atoms with Crippen LogP contribution < -0.4 is 0 Å². The van der Waals surface area contributed by atoms with Crippen molar-refractivity contribution in [1.82, 2.24) is 4.67 Å². The van der Waals surface area contributed by atoms with E-state index in [1.165, 1.54) is 17.9 Å². The minimum atomic E-state index is -1.39. The molecular formula is C16H29N2O4PS2. The Morgan fingerprint density at radius 2 is 1.92 bits per heavy atom. The monoisotopic (exact) mass is 408 g/mol. The van der Waals surface area contributed by atoms with Gasteiger partial charge in [0.2, 0.25) is 0 Å². The molecule has 0 spiro atoms. The lowest BCUT2D eigenvalue weighted by molar-refractivity contribution is -0.141. The fourth-order valence-electron chi connectivity index (χ4n) is 2.49. The summed E-state index contributed by atoms with van der Waals surface area (Å²) in [6.45, 7) is 12.8. The van der Waals surface area contributed by atoms with Crippen molar-refractivity contribution in [3.63, 3.8) is 0 Å². The first kappa shape index (κ1) is 23.0. The maximum Gasteiger partial charge on any atom is 0.322 e. The molecule has 144 valence electrons. The lowest BCUT2D eigenvalue weighted by Gasteiger charge is -2.39. The van der Waals surface area contributed by atoms with E-state index >= 15 is 0 Å². The number of nitrogens with zero attached hydrogens (tertiary/aromatic N) is 2.